The van der Waals surface area contributed by atoms with Gasteiger partial charge in [0.25, 0.3) is 0 Å². The molecule has 0 aliphatic heterocycles. The van der Waals surface area contributed by atoms with Crippen molar-refractivity contribution in [1.29, 1.82) is 0 Å². The fourth-order valence-electron chi connectivity index (χ4n) is 2.72. The van der Waals surface area contributed by atoms with Crippen molar-refractivity contribution in [2.24, 2.45) is 5.41 Å². The largest absolute Gasteiger partial charge is 0.313 e. The van der Waals surface area contributed by atoms with Gasteiger partial charge in [0.15, 0.2) is 0 Å². The van der Waals surface area contributed by atoms with E-state index < -0.39 is 0 Å². The molecule has 0 aliphatic rings. The minimum Gasteiger partial charge on any atom is -0.313 e. The molecule has 1 aromatic rings. The monoisotopic (exact) mass is 279 g/mol. The third-order valence-corrected chi connectivity index (χ3v) is 3.90. The zero-order valence-electron chi connectivity index (χ0n) is 14.3. The van der Waals surface area contributed by atoms with Gasteiger partial charge in [-0.15, -0.1) is 0 Å². The molecule has 3 nitrogen and oxygen atoms in total. The molecule has 3 heteroatoms. The van der Waals surface area contributed by atoms with Gasteiger partial charge in [-0.3, -0.25) is 4.68 Å². The maximum atomic E-state index is 4.53. The van der Waals surface area contributed by atoms with Crippen LogP contribution >= 0.6 is 0 Å². The second kappa shape index (κ2) is 7.82. The van der Waals surface area contributed by atoms with Crippen molar-refractivity contribution in [1.82, 2.24) is 15.1 Å². The van der Waals surface area contributed by atoms with Gasteiger partial charge in [-0.25, -0.2) is 0 Å². The van der Waals surface area contributed by atoms with Crippen LogP contribution in [0.25, 0.3) is 0 Å². The number of hydrogen-bond donors (Lipinski definition) is 1. The predicted octanol–water partition coefficient (Wildman–Crippen LogP) is 3.95. The Balaban J connectivity index is 2.51. The first-order chi connectivity index (χ1) is 9.38. The fraction of sp³-hybridized carbons (Fsp3) is 0.824. The van der Waals surface area contributed by atoms with Crippen LogP contribution in [0.5, 0.6) is 0 Å². The molecule has 1 N–H and O–H groups in total. The van der Waals surface area contributed by atoms with Crippen molar-refractivity contribution in [2.75, 3.05) is 6.54 Å². The van der Waals surface area contributed by atoms with Gasteiger partial charge < -0.3 is 5.32 Å². The van der Waals surface area contributed by atoms with Crippen LogP contribution in [0.1, 0.15) is 65.3 Å². The third-order valence-electron chi connectivity index (χ3n) is 3.90. The normalized spacial score (nSPS) is 13.7. The standard InChI is InChI=1S/C17H33N3/c1-7-12-18-16(17(4,5)6)11-9-10-15-13-14(3)19-20(15)8-2/h13,16,18H,7-12H2,1-6H3. The summed E-state index contributed by atoms with van der Waals surface area (Å²) in [6.45, 7) is 15.6. The molecule has 1 unspecified atom stereocenters. The first-order valence-electron chi connectivity index (χ1n) is 8.15. The molecule has 1 atom stereocenters. The Morgan fingerprint density at radius 1 is 1.30 bits per heavy atom. The van der Waals surface area contributed by atoms with Crippen molar-refractivity contribution in [3.8, 4) is 0 Å². The van der Waals surface area contributed by atoms with Crippen LogP contribution in [0.15, 0.2) is 6.07 Å². The first-order valence-corrected chi connectivity index (χ1v) is 8.15. The van der Waals surface area contributed by atoms with Crippen LogP contribution < -0.4 is 5.32 Å². The number of rotatable bonds is 8. The molecular weight excluding hydrogens is 246 g/mol. The molecule has 116 valence electrons. The molecule has 1 heterocycles. The molecule has 0 aliphatic carbocycles. The van der Waals surface area contributed by atoms with E-state index in [1.54, 1.807) is 0 Å². The summed E-state index contributed by atoms with van der Waals surface area (Å²) >= 11 is 0. The molecule has 0 saturated heterocycles. The Kier molecular flexibility index (Phi) is 6.74. The summed E-state index contributed by atoms with van der Waals surface area (Å²) < 4.78 is 2.14. The number of nitrogens with one attached hydrogen (secondary N) is 1. The lowest BCUT2D eigenvalue weighted by Gasteiger charge is -2.32. The summed E-state index contributed by atoms with van der Waals surface area (Å²) in [4.78, 5) is 0. The van der Waals surface area contributed by atoms with Crippen molar-refractivity contribution < 1.29 is 0 Å². The van der Waals surface area contributed by atoms with Crippen LogP contribution in [0, 0.1) is 12.3 Å². The highest BCUT2D eigenvalue weighted by atomic mass is 15.3. The summed E-state index contributed by atoms with van der Waals surface area (Å²) in [6, 6.07) is 2.83. The van der Waals surface area contributed by atoms with E-state index >= 15 is 0 Å². The quantitative estimate of drug-likeness (QED) is 0.781. The molecule has 0 bridgehead atoms. The Morgan fingerprint density at radius 2 is 2.00 bits per heavy atom. The molecule has 1 rings (SSSR count). The van der Waals surface area contributed by atoms with Gasteiger partial charge in [0.1, 0.15) is 0 Å². The maximum absolute atomic E-state index is 4.53. The van der Waals surface area contributed by atoms with E-state index in [2.05, 4.69) is 62.7 Å². The van der Waals surface area contributed by atoms with E-state index in [4.69, 9.17) is 0 Å². The summed E-state index contributed by atoms with van der Waals surface area (Å²) in [5.41, 5.74) is 2.85. The van der Waals surface area contributed by atoms with Gasteiger partial charge in [0, 0.05) is 18.3 Å². The van der Waals surface area contributed by atoms with Crippen molar-refractivity contribution >= 4 is 0 Å². The molecule has 0 spiro atoms. The first kappa shape index (κ1) is 17.2. The predicted molar refractivity (Wildman–Crippen MR) is 87.1 cm³/mol. The van der Waals surface area contributed by atoms with Crippen LogP contribution in [0.4, 0.5) is 0 Å². The van der Waals surface area contributed by atoms with Gasteiger partial charge in [0.05, 0.1) is 5.69 Å². The summed E-state index contributed by atoms with van der Waals surface area (Å²) in [5.74, 6) is 0. The highest BCUT2D eigenvalue weighted by molar-refractivity contribution is 5.09. The summed E-state index contributed by atoms with van der Waals surface area (Å²) in [6.07, 6.45) is 4.80. The third kappa shape index (κ3) is 5.28. The van der Waals surface area contributed by atoms with E-state index in [0.29, 0.717) is 11.5 Å². The fourth-order valence-corrected chi connectivity index (χ4v) is 2.72. The van der Waals surface area contributed by atoms with Gasteiger partial charge in [0.2, 0.25) is 0 Å². The van der Waals surface area contributed by atoms with Crippen molar-refractivity contribution in [3.63, 3.8) is 0 Å². The highest BCUT2D eigenvalue weighted by Crippen LogP contribution is 2.23. The second-order valence-electron chi connectivity index (χ2n) is 6.86. The minimum atomic E-state index is 0.329. The van der Waals surface area contributed by atoms with E-state index in [1.807, 2.05) is 0 Å². The topological polar surface area (TPSA) is 29.9 Å². The molecule has 1 aromatic heterocycles. The highest BCUT2D eigenvalue weighted by Gasteiger charge is 2.23. The van der Waals surface area contributed by atoms with Gasteiger partial charge in [-0.2, -0.15) is 5.10 Å². The lowest BCUT2D eigenvalue weighted by molar-refractivity contribution is 0.251. The molecule has 0 fully saturated rings. The Morgan fingerprint density at radius 3 is 2.55 bits per heavy atom. The van der Waals surface area contributed by atoms with Gasteiger partial charge in [-0.1, -0.05) is 27.7 Å². The van der Waals surface area contributed by atoms with E-state index in [-0.39, 0.29) is 0 Å². The molecule has 0 saturated carbocycles. The average Bonchev–Trinajstić information content (AvgIpc) is 2.72. The zero-order valence-corrected chi connectivity index (χ0v) is 14.3. The van der Waals surface area contributed by atoms with E-state index in [9.17, 15) is 0 Å². The molecular formula is C17H33N3. The van der Waals surface area contributed by atoms with Gasteiger partial charge in [-0.05, 0) is 57.6 Å². The van der Waals surface area contributed by atoms with Crippen LogP contribution in [-0.4, -0.2) is 22.4 Å². The Bertz CT molecular complexity index is 387. The van der Waals surface area contributed by atoms with Crippen molar-refractivity contribution in [2.45, 2.75) is 79.8 Å². The lowest BCUT2D eigenvalue weighted by atomic mass is 9.83. The van der Waals surface area contributed by atoms with Crippen LogP contribution in [0.3, 0.4) is 0 Å². The van der Waals surface area contributed by atoms with Crippen molar-refractivity contribution in [3.05, 3.63) is 17.5 Å². The number of hydrogen-bond acceptors (Lipinski definition) is 2. The molecule has 0 radical (unpaired) electrons. The summed E-state index contributed by atoms with van der Waals surface area (Å²) in [7, 11) is 0. The average molecular weight is 279 g/mol. The van der Waals surface area contributed by atoms with E-state index in [0.717, 1.165) is 25.2 Å². The van der Waals surface area contributed by atoms with Crippen LogP contribution in [0.2, 0.25) is 0 Å². The lowest BCUT2D eigenvalue weighted by Crippen LogP contribution is -2.40. The molecule has 20 heavy (non-hydrogen) atoms. The smallest absolute Gasteiger partial charge is 0.0596 e. The number of nitrogens with zero attached hydrogens (tertiary/aromatic N) is 2. The molecule has 0 aromatic carbocycles. The minimum absolute atomic E-state index is 0.329. The SMILES string of the molecule is CCCNC(CCCc1cc(C)nn1CC)C(C)(C)C. The second-order valence-corrected chi connectivity index (χ2v) is 6.86. The molecule has 0 amide bonds. The zero-order chi connectivity index (χ0) is 15.2. The number of aryl methyl sites for hydroxylation is 3. The van der Waals surface area contributed by atoms with Gasteiger partial charge >= 0.3 is 0 Å². The maximum Gasteiger partial charge on any atom is 0.0596 e. The summed E-state index contributed by atoms with van der Waals surface area (Å²) in [5, 5.41) is 8.23. The Hall–Kier alpha value is -0.830. The van der Waals surface area contributed by atoms with Crippen LogP contribution in [-0.2, 0) is 13.0 Å². The Labute approximate surface area is 125 Å². The van der Waals surface area contributed by atoms with E-state index in [1.165, 1.54) is 25.0 Å². The number of aromatic nitrogens is 2.